The van der Waals surface area contributed by atoms with E-state index in [1.165, 1.54) is 29.1 Å². The van der Waals surface area contributed by atoms with Crippen molar-refractivity contribution >= 4 is 11.3 Å². The van der Waals surface area contributed by atoms with Gasteiger partial charge in [-0.15, -0.1) is 11.3 Å². The Kier molecular flexibility index (Phi) is 4.54. The maximum atomic E-state index is 10.3. The lowest BCUT2D eigenvalue weighted by Gasteiger charge is -2.32. The van der Waals surface area contributed by atoms with E-state index in [1.807, 2.05) is 6.20 Å². The molecule has 0 bridgehead atoms. The molecular weight excluding hydrogens is 232 g/mol. The van der Waals surface area contributed by atoms with Crippen molar-refractivity contribution in [1.82, 2.24) is 10.3 Å². The molecule has 0 unspecified atom stereocenters. The highest BCUT2D eigenvalue weighted by Crippen LogP contribution is 2.27. The first-order valence-corrected chi connectivity index (χ1v) is 7.40. The van der Waals surface area contributed by atoms with Crippen molar-refractivity contribution in [3.05, 3.63) is 16.1 Å². The van der Waals surface area contributed by atoms with Gasteiger partial charge in [-0.3, -0.25) is 0 Å². The van der Waals surface area contributed by atoms with E-state index in [9.17, 15) is 5.11 Å². The summed E-state index contributed by atoms with van der Waals surface area (Å²) < 4.78 is 0. The molecule has 17 heavy (non-hydrogen) atoms. The zero-order valence-corrected chi connectivity index (χ0v) is 11.4. The van der Waals surface area contributed by atoms with Gasteiger partial charge in [0.25, 0.3) is 0 Å². The molecule has 0 atom stereocenters. The van der Waals surface area contributed by atoms with Crippen LogP contribution in [0.1, 0.15) is 48.9 Å². The van der Waals surface area contributed by atoms with Gasteiger partial charge in [0.15, 0.2) is 0 Å². The van der Waals surface area contributed by atoms with Crippen LogP contribution < -0.4 is 5.32 Å². The molecule has 96 valence electrons. The highest BCUT2D eigenvalue weighted by Gasteiger charge is 2.28. The summed E-state index contributed by atoms with van der Waals surface area (Å²) in [6.45, 7) is 3.67. The van der Waals surface area contributed by atoms with Gasteiger partial charge in [-0.1, -0.05) is 26.2 Å². The number of aliphatic hydroxyl groups is 1. The van der Waals surface area contributed by atoms with Crippen molar-refractivity contribution in [1.29, 1.82) is 0 Å². The molecule has 1 aliphatic rings. The molecule has 2 N–H and O–H groups in total. The van der Waals surface area contributed by atoms with Crippen molar-refractivity contribution in [3.63, 3.8) is 0 Å². The first-order valence-electron chi connectivity index (χ1n) is 6.58. The molecule has 4 heteroatoms. The van der Waals surface area contributed by atoms with E-state index in [0.717, 1.165) is 25.8 Å². The van der Waals surface area contributed by atoms with Gasteiger partial charge < -0.3 is 10.4 Å². The van der Waals surface area contributed by atoms with Gasteiger partial charge in [0.2, 0.25) is 0 Å². The van der Waals surface area contributed by atoms with Gasteiger partial charge in [-0.2, -0.15) is 0 Å². The van der Waals surface area contributed by atoms with E-state index in [4.69, 9.17) is 0 Å². The largest absolute Gasteiger partial charge is 0.389 e. The van der Waals surface area contributed by atoms with Crippen LogP contribution in [0.4, 0.5) is 0 Å². The molecule has 0 aliphatic heterocycles. The molecule has 2 rings (SSSR count). The summed E-state index contributed by atoms with van der Waals surface area (Å²) in [6.07, 6.45) is 8.45. The molecule has 1 aromatic heterocycles. The predicted molar refractivity (Wildman–Crippen MR) is 71.2 cm³/mol. The minimum Gasteiger partial charge on any atom is -0.389 e. The maximum absolute atomic E-state index is 10.3. The second kappa shape index (κ2) is 5.94. The fraction of sp³-hybridized carbons (Fsp3) is 0.769. The molecule has 0 saturated heterocycles. The molecule has 0 spiro atoms. The standard InChI is InChI=1S/C13H22N2OS/c1-2-12-15-9-11(17-12)8-14-10-13(16)6-4-3-5-7-13/h9,14,16H,2-8,10H2,1H3. The Morgan fingerprint density at radius 1 is 1.41 bits per heavy atom. The van der Waals surface area contributed by atoms with Crippen molar-refractivity contribution in [2.45, 2.75) is 57.6 Å². The minimum atomic E-state index is -0.462. The number of aryl methyl sites for hydroxylation is 1. The van der Waals surface area contributed by atoms with E-state index >= 15 is 0 Å². The van der Waals surface area contributed by atoms with Crippen LogP contribution in [0.2, 0.25) is 0 Å². The van der Waals surface area contributed by atoms with Crippen molar-refractivity contribution in [3.8, 4) is 0 Å². The zero-order valence-electron chi connectivity index (χ0n) is 10.5. The smallest absolute Gasteiger partial charge is 0.0925 e. The average Bonchev–Trinajstić information content (AvgIpc) is 2.78. The van der Waals surface area contributed by atoms with Gasteiger partial charge in [0.05, 0.1) is 10.6 Å². The van der Waals surface area contributed by atoms with Crippen molar-refractivity contribution < 1.29 is 5.11 Å². The van der Waals surface area contributed by atoms with E-state index in [0.29, 0.717) is 6.54 Å². The number of rotatable bonds is 5. The quantitative estimate of drug-likeness (QED) is 0.848. The Bertz CT molecular complexity index is 345. The maximum Gasteiger partial charge on any atom is 0.0925 e. The van der Waals surface area contributed by atoms with Crippen LogP contribution in [0.3, 0.4) is 0 Å². The van der Waals surface area contributed by atoms with E-state index in [2.05, 4.69) is 17.2 Å². The van der Waals surface area contributed by atoms with E-state index in [-0.39, 0.29) is 0 Å². The third-order valence-electron chi connectivity index (χ3n) is 3.44. The normalized spacial score (nSPS) is 19.4. The second-order valence-electron chi connectivity index (χ2n) is 4.96. The van der Waals surface area contributed by atoms with Gasteiger partial charge in [0, 0.05) is 24.2 Å². The SMILES string of the molecule is CCc1ncc(CNCC2(O)CCCCC2)s1. The number of hydrogen-bond acceptors (Lipinski definition) is 4. The van der Waals surface area contributed by atoms with Crippen LogP contribution in [0.15, 0.2) is 6.20 Å². The van der Waals surface area contributed by atoms with E-state index < -0.39 is 5.60 Å². The number of hydrogen-bond donors (Lipinski definition) is 2. The summed E-state index contributed by atoms with van der Waals surface area (Å²) in [5.41, 5.74) is -0.462. The van der Waals surface area contributed by atoms with Crippen molar-refractivity contribution in [2.24, 2.45) is 0 Å². The van der Waals surface area contributed by atoms with Gasteiger partial charge in [-0.05, 0) is 19.3 Å². The third kappa shape index (κ3) is 3.76. The molecule has 0 aromatic carbocycles. The highest BCUT2D eigenvalue weighted by molar-refractivity contribution is 7.11. The van der Waals surface area contributed by atoms with Crippen LogP contribution >= 0.6 is 11.3 Å². The molecule has 0 amide bonds. The second-order valence-corrected chi connectivity index (χ2v) is 6.16. The molecule has 1 heterocycles. The summed E-state index contributed by atoms with van der Waals surface area (Å²) in [5.74, 6) is 0. The molecular formula is C13H22N2OS. The Hall–Kier alpha value is -0.450. The molecule has 1 aliphatic carbocycles. The average molecular weight is 254 g/mol. The Balaban J connectivity index is 1.74. The van der Waals surface area contributed by atoms with Crippen LogP contribution in [-0.4, -0.2) is 22.2 Å². The molecule has 3 nitrogen and oxygen atoms in total. The van der Waals surface area contributed by atoms with Crippen LogP contribution in [-0.2, 0) is 13.0 Å². The topological polar surface area (TPSA) is 45.2 Å². The van der Waals surface area contributed by atoms with Crippen LogP contribution in [0.25, 0.3) is 0 Å². The molecule has 1 saturated carbocycles. The lowest BCUT2D eigenvalue weighted by atomic mass is 9.85. The minimum absolute atomic E-state index is 0.462. The fourth-order valence-electron chi connectivity index (χ4n) is 2.40. The first kappa shape index (κ1) is 13.0. The van der Waals surface area contributed by atoms with Crippen molar-refractivity contribution in [2.75, 3.05) is 6.54 Å². The lowest BCUT2D eigenvalue weighted by molar-refractivity contribution is 0.00472. The summed E-state index contributed by atoms with van der Waals surface area (Å²) >= 11 is 1.76. The summed E-state index contributed by atoms with van der Waals surface area (Å²) in [7, 11) is 0. The fourth-order valence-corrected chi connectivity index (χ4v) is 3.23. The lowest BCUT2D eigenvalue weighted by Crippen LogP contribution is -2.41. The summed E-state index contributed by atoms with van der Waals surface area (Å²) in [4.78, 5) is 5.60. The van der Waals surface area contributed by atoms with E-state index in [1.54, 1.807) is 11.3 Å². The van der Waals surface area contributed by atoms with Gasteiger partial charge in [-0.25, -0.2) is 4.98 Å². The highest BCUT2D eigenvalue weighted by atomic mass is 32.1. The van der Waals surface area contributed by atoms with Crippen LogP contribution in [0, 0.1) is 0 Å². The number of aromatic nitrogens is 1. The van der Waals surface area contributed by atoms with Gasteiger partial charge in [0.1, 0.15) is 0 Å². The molecule has 0 radical (unpaired) electrons. The Morgan fingerprint density at radius 3 is 2.82 bits per heavy atom. The first-order chi connectivity index (χ1) is 8.22. The summed E-state index contributed by atoms with van der Waals surface area (Å²) in [6, 6.07) is 0. The third-order valence-corrected chi connectivity index (χ3v) is 4.58. The number of nitrogens with one attached hydrogen (secondary N) is 1. The predicted octanol–water partition coefficient (Wildman–Crippen LogP) is 2.49. The Morgan fingerprint density at radius 2 is 2.18 bits per heavy atom. The monoisotopic (exact) mass is 254 g/mol. The van der Waals surface area contributed by atoms with Gasteiger partial charge >= 0.3 is 0 Å². The molecule has 1 fully saturated rings. The van der Waals surface area contributed by atoms with Crippen LogP contribution in [0.5, 0.6) is 0 Å². The number of thiazole rings is 1. The Labute approximate surface area is 107 Å². The summed E-state index contributed by atoms with van der Waals surface area (Å²) in [5, 5.41) is 14.9. The molecule has 1 aromatic rings. The zero-order chi connectivity index (χ0) is 12.1. The number of nitrogens with zero attached hydrogens (tertiary/aromatic N) is 1.